The van der Waals surface area contributed by atoms with E-state index in [0.29, 0.717) is 20.0 Å². The Hall–Kier alpha value is -3.04. The monoisotopic (exact) mass is 401 g/mol. The maximum atomic E-state index is 13.6. The lowest BCUT2D eigenvalue weighted by atomic mass is 10.1. The number of aryl methyl sites for hydroxylation is 1. The van der Waals surface area contributed by atoms with Gasteiger partial charge in [0.25, 0.3) is 5.91 Å². The zero-order chi connectivity index (χ0) is 20.3. The molecule has 5 heterocycles. The molecule has 1 amide bonds. The lowest BCUT2D eigenvalue weighted by Gasteiger charge is -2.42. The minimum atomic E-state index is -3.34. The molecule has 10 heteroatoms. The first kappa shape index (κ1) is 18.0. The second-order valence-electron chi connectivity index (χ2n) is 7.94. The second kappa shape index (κ2) is 6.23. The van der Waals surface area contributed by atoms with Crippen molar-refractivity contribution in [2.24, 2.45) is 7.05 Å². The van der Waals surface area contributed by atoms with Gasteiger partial charge in [0, 0.05) is 62.7 Å². The third-order valence-electron chi connectivity index (χ3n) is 5.82. The topological polar surface area (TPSA) is 71.6 Å². The minimum absolute atomic E-state index is 0.227. The van der Waals surface area contributed by atoms with Gasteiger partial charge in [-0.2, -0.15) is 19.0 Å². The Kier molecular flexibility index (Phi) is 3.87. The number of amides is 1. The van der Waals surface area contributed by atoms with Crippen molar-refractivity contribution in [2.45, 2.75) is 37.8 Å². The van der Waals surface area contributed by atoms with Crippen LogP contribution in [0.5, 0.6) is 0 Å². The molecule has 0 aliphatic carbocycles. The average molecular weight is 401 g/mol. The van der Waals surface area contributed by atoms with Crippen LogP contribution in [-0.2, 0) is 11.8 Å². The Morgan fingerprint density at radius 3 is 2.48 bits per heavy atom. The van der Waals surface area contributed by atoms with E-state index in [4.69, 9.17) is 0 Å². The molecule has 0 aromatic carbocycles. The van der Waals surface area contributed by atoms with Crippen LogP contribution in [-0.4, -0.2) is 66.3 Å². The standard InChI is InChI=1S/C19H21F2N7O/c1-19(20,21)18(29)28-14-3-4-15(28)10-26(9-14)17-16-5-12(8-27(16)24-11-22-17)13-6-23-25(2)7-13/h5-8,11,14-15H,3-4,9-10H2,1-2H3. The van der Waals surface area contributed by atoms with Crippen LogP contribution in [0.2, 0.25) is 0 Å². The summed E-state index contributed by atoms with van der Waals surface area (Å²) in [6.07, 6.45) is 8.59. The highest BCUT2D eigenvalue weighted by Gasteiger charge is 2.49. The summed E-state index contributed by atoms with van der Waals surface area (Å²) in [5, 5.41) is 8.52. The third-order valence-corrected chi connectivity index (χ3v) is 5.82. The van der Waals surface area contributed by atoms with Crippen LogP contribution in [0.15, 0.2) is 31.0 Å². The Bertz CT molecular complexity index is 1070. The first-order valence-electron chi connectivity index (χ1n) is 9.59. The minimum Gasteiger partial charge on any atom is -0.351 e. The van der Waals surface area contributed by atoms with E-state index in [1.165, 1.54) is 11.2 Å². The molecule has 8 nitrogen and oxygen atoms in total. The van der Waals surface area contributed by atoms with E-state index < -0.39 is 11.8 Å². The molecule has 2 atom stereocenters. The maximum Gasteiger partial charge on any atom is 0.322 e. The van der Waals surface area contributed by atoms with Gasteiger partial charge in [-0.3, -0.25) is 9.48 Å². The summed E-state index contributed by atoms with van der Waals surface area (Å²) in [4.78, 5) is 20.2. The number of carbonyl (C=O) groups excluding carboxylic acids is 1. The van der Waals surface area contributed by atoms with Gasteiger partial charge in [-0.15, -0.1) is 0 Å². The lowest BCUT2D eigenvalue weighted by Crippen LogP contribution is -2.59. The van der Waals surface area contributed by atoms with Gasteiger partial charge in [-0.1, -0.05) is 0 Å². The molecule has 152 valence electrons. The van der Waals surface area contributed by atoms with Gasteiger partial charge in [-0.05, 0) is 18.9 Å². The van der Waals surface area contributed by atoms with Gasteiger partial charge in [0.15, 0.2) is 5.82 Å². The smallest absolute Gasteiger partial charge is 0.322 e. The third kappa shape index (κ3) is 2.93. The molecule has 3 aromatic heterocycles. The number of carbonyl (C=O) groups is 1. The van der Waals surface area contributed by atoms with Crippen molar-refractivity contribution < 1.29 is 13.6 Å². The van der Waals surface area contributed by atoms with Crippen molar-refractivity contribution in [3.63, 3.8) is 0 Å². The number of nitrogens with zero attached hydrogens (tertiary/aromatic N) is 7. The van der Waals surface area contributed by atoms with Crippen LogP contribution in [0, 0.1) is 0 Å². The summed E-state index contributed by atoms with van der Waals surface area (Å²) in [5.41, 5.74) is 2.79. The Labute approximate surface area is 165 Å². The number of aromatic nitrogens is 5. The number of rotatable bonds is 3. The predicted octanol–water partition coefficient (Wildman–Crippen LogP) is 1.96. The largest absolute Gasteiger partial charge is 0.351 e. The molecular formula is C19H21F2N7O. The molecule has 0 radical (unpaired) electrons. The zero-order valence-electron chi connectivity index (χ0n) is 16.2. The highest BCUT2D eigenvalue weighted by atomic mass is 19.3. The number of fused-ring (bicyclic) bond motifs is 3. The molecule has 0 N–H and O–H groups in total. The van der Waals surface area contributed by atoms with Crippen molar-refractivity contribution in [1.82, 2.24) is 29.3 Å². The number of piperazine rings is 1. The summed E-state index contributed by atoms with van der Waals surface area (Å²) in [5.74, 6) is -3.66. The molecule has 0 saturated carbocycles. The molecular weight excluding hydrogens is 380 g/mol. The van der Waals surface area contributed by atoms with Gasteiger partial charge >= 0.3 is 5.92 Å². The first-order valence-corrected chi connectivity index (χ1v) is 9.59. The van der Waals surface area contributed by atoms with Gasteiger partial charge < -0.3 is 9.80 Å². The molecule has 2 fully saturated rings. The van der Waals surface area contributed by atoms with Crippen molar-refractivity contribution in [3.8, 4) is 11.1 Å². The van der Waals surface area contributed by atoms with Crippen LogP contribution < -0.4 is 4.90 Å². The van der Waals surface area contributed by atoms with E-state index >= 15 is 0 Å². The zero-order valence-corrected chi connectivity index (χ0v) is 16.2. The SMILES string of the molecule is Cn1cc(-c2cc3c(N4CC5CCC(C4)N5C(=O)C(C)(F)F)ncnn3c2)cn1. The maximum absolute atomic E-state index is 13.6. The van der Waals surface area contributed by atoms with Gasteiger partial charge in [-0.25, -0.2) is 9.50 Å². The van der Waals surface area contributed by atoms with Crippen LogP contribution in [0.25, 0.3) is 16.6 Å². The number of alkyl halides is 2. The van der Waals surface area contributed by atoms with Crippen LogP contribution >= 0.6 is 0 Å². The van der Waals surface area contributed by atoms with E-state index in [1.54, 1.807) is 15.4 Å². The van der Waals surface area contributed by atoms with E-state index in [1.807, 2.05) is 25.5 Å². The molecule has 29 heavy (non-hydrogen) atoms. The van der Waals surface area contributed by atoms with Gasteiger partial charge in [0.2, 0.25) is 0 Å². The summed E-state index contributed by atoms with van der Waals surface area (Å²) in [6.45, 7) is 1.65. The fraction of sp³-hybridized carbons (Fsp3) is 0.474. The molecule has 2 aliphatic rings. The van der Waals surface area contributed by atoms with E-state index in [9.17, 15) is 13.6 Å². The van der Waals surface area contributed by atoms with Crippen LogP contribution in [0.4, 0.5) is 14.6 Å². The van der Waals surface area contributed by atoms with Crippen molar-refractivity contribution in [1.29, 1.82) is 0 Å². The predicted molar refractivity (Wildman–Crippen MR) is 102 cm³/mol. The highest BCUT2D eigenvalue weighted by molar-refractivity contribution is 5.84. The van der Waals surface area contributed by atoms with Crippen molar-refractivity contribution >= 4 is 17.2 Å². The molecule has 0 spiro atoms. The fourth-order valence-electron chi connectivity index (χ4n) is 4.52. The number of hydrogen-bond acceptors (Lipinski definition) is 5. The molecule has 2 unspecified atom stereocenters. The van der Waals surface area contributed by atoms with E-state index in [0.717, 1.165) is 35.3 Å². The molecule has 2 bridgehead atoms. The summed E-state index contributed by atoms with van der Waals surface area (Å²) in [6, 6.07) is 1.55. The number of hydrogen-bond donors (Lipinski definition) is 0. The normalized spacial score (nSPS) is 21.9. The Balaban J connectivity index is 1.47. The average Bonchev–Trinajstić information content (AvgIpc) is 3.35. The van der Waals surface area contributed by atoms with E-state index in [2.05, 4.69) is 20.1 Å². The molecule has 2 aliphatic heterocycles. The quantitative estimate of drug-likeness (QED) is 0.671. The summed E-state index contributed by atoms with van der Waals surface area (Å²) < 4.78 is 30.8. The first-order chi connectivity index (χ1) is 13.8. The molecule has 2 saturated heterocycles. The van der Waals surface area contributed by atoms with Crippen LogP contribution in [0.1, 0.15) is 19.8 Å². The summed E-state index contributed by atoms with van der Waals surface area (Å²) >= 11 is 0. The van der Waals surface area contributed by atoms with Crippen molar-refractivity contribution in [2.75, 3.05) is 18.0 Å². The van der Waals surface area contributed by atoms with Gasteiger partial charge in [0.1, 0.15) is 11.8 Å². The van der Waals surface area contributed by atoms with Crippen molar-refractivity contribution in [3.05, 3.63) is 31.0 Å². The lowest BCUT2D eigenvalue weighted by molar-refractivity contribution is -0.158. The van der Waals surface area contributed by atoms with Crippen LogP contribution in [0.3, 0.4) is 0 Å². The highest BCUT2D eigenvalue weighted by Crippen LogP contribution is 2.36. The summed E-state index contributed by atoms with van der Waals surface area (Å²) in [7, 11) is 1.86. The number of anilines is 1. The molecule has 5 rings (SSSR count). The second-order valence-corrected chi connectivity index (χ2v) is 7.94. The van der Waals surface area contributed by atoms with E-state index in [-0.39, 0.29) is 12.1 Å². The fourth-order valence-corrected chi connectivity index (χ4v) is 4.52. The Morgan fingerprint density at radius 1 is 1.14 bits per heavy atom. The Morgan fingerprint density at radius 2 is 1.86 bits per heavy atom. The molecule has 3 aromatic rings. The van der Waals surface area contributed by atoms with Gasteiger partial charge in [0.05, 0.1) is 6.20 Å². The number of halogens is 2.